The maximum absolute atomic E-state index is 13.8. The number of rotatable bonds is 7. The molecule has 0 bridgehead atoms. The molecule has 1 saturated heterocycles. The largest absolute Gasteiger partial charge is 0.495 e. The van der Waals surface area contributed by atoms with Gasteiger partial charge in [0.15, 0.2) is 6.10 Å². The first-order chi connectivity index (χ1) is 19.3. The van der Waals surface area contributed by atoms with Crippen LogP contribution in [0.4, 0.5) is 5.69 Å². The number of hydrogen-bond acceptors (Lipinski definition) is 6. The third-order valence-electron chi connectivity index (χ3n) is 7.19. The lowest BCUT2D eigenvalue weighted by atomic mass is 9.95. The fraction of sp³-hybridized carbons (Fsp3) is 0.310. The highest BCUT2D eigenvalue weighted by Crippen LogP contribution is 2.36. The third-order valence-corrected chi connectivity index (χ3v) is 9.34. The second kappa shape index (κ2) is 11.9. The lowest BCUT2D eigenvalue weighted by molar-refractivity contribution is -0.129. The molecule has 2 aliphatic heterocycles. The number of carbonyl (C=O) groups is 2. The number of sulfonamides is 1. The first kappa shape index (κ1) is 27.9. The zero-order valence-electron chi connectivity index (χ0n) is 22.0. The van der Waals surface area contributed by atoms with E-state index in [4.69, 9.17) is 21.1 Å². The summed E-state index contributed by atoms with van der Waals surface area (Å²) in [6, 6.07) is 21.1. The van der Waals surface area contributed by atoms with E-state index in [1.165, 1.54) is 23.5 Å². The Hall–Kier alpha value is -3.60. The smallest absolute Gasteiger partial charge is 0.263 e. The van der Waals surface area contributed by atoms with Crippen molar-refractivity contribution in [2.45, 2.75) is 30.4 Å². The highest BCUT2D eigenvalue weighted by atomic mass is 35.5. The quantitative estimate of drug-likeness (QED) is 0.453. The Kier molecular flexibility index (Phi) is 8.30. The molecular weight excluding hydrogens is 554 g/mol. The number of hydrogen-bond donors (Lipinski definition) is 1. The fourth-order valence-electron chi connectivity index (χ4n) is 5.03. The minimum absolute atomic E-state index is 0.00117. The van der Waals surface area contributed by atoms with Gasteiger partial charge in [-0.2, -0.15) is 4.31 Å². The van der Waals surface area contributed by atoms with Crippen molar-refractivity contribution in [3.8, 4) is 11.5 Å². The normalized spacial score (nSPS) is 17.9. The van der Waals surface area contributed by atoms with Gasteiger partial charge in [0.05, 0.1) is 19.3 Å². The van der Waals surface area contributed by atoms with E-state index < -0.39 is 22.0 Å². The molecule has 1 atom stereocenters. The first-order valence-corrected chi connectivity index (χ1v) is 14.8. The maximum Gasteiger partial charge on any atom is 0.263 e. The number of nitrogens with zero attached hydrogens (tertiary/aromatic N) is 2. The summed E-state index contributed by atoms with van der Waals surface area (Å²) in [6.45, 7) is 0.747. The lowest BCUT2D eigenvalue weighted by Gasteiger charge is -2.38. The van der Waals surface area contributed by atoms with Crippen LogP contribution < -0.4 is 19.7 Å². The van der Waals surface area contributed by atoms with Crippen molar-refractivity contribution in [2.75, 3.05) is 31.6 Å². The van der Waals surface area contributed by atoms with Crippen LogP contribution in [0.3, 0.4) is 0 Å². The molecule has 210 valence electrons. The van der Waals surface area contributed by atoms with E-state index in [0.29, 0.717) is 30.8 Å². The molecule has 0 aliphatic carbocycles. The fourth-order valence-corrected chi connectivity index (χ4v) is 6.92. The molecule has 1 N–H and O–H groups in total. The van der Waals surface area contributed by atoms with E-state index in [-0.39, 0.29) is 47.1 Å². The van der Waals surface area contributed by atoms with E-state index in [1.54, 1.807) is 29.2 Å². The van der Waals surface area contributed by atoms with Gasteiger partial charge >= 0.3 is 0 Å². The molecule has 1 fully saturated rings. The van der Waals surface area contributed by atoms with Crippen LogP contribution in [0, 0.1) is 5.92 Å². The minimum Gasteiger partial charge on any atom is -0.495 e. The summed E-state index contributed by atoms with van der Waals surface area (Å²) in [5.41, 5.74) is 1.55. The third kappa shape index (κ3) is 5.79. The van der Waals surface area contributed by atoms with Crippen LogP contribution in [0.15, 0.2) is 77.7 Å². The standard InChI is InChI=1S/C29H30ClN3O6S/c1-38-25-12-11-22(30)17-27(25)40(36,37)32-15-13-21(14-16-32)29(35)33-19-26(39-24-10-6-5-9-23(24)33)28(34)31-18-20-7-3-2-4-8-20/h2-12,17,21,26H,13-16,18-19H2,1H3,(H,31,34). The summed E-state index contributed by atoms with van der Waals surface area (Å²) in [7, 11) is -2.47. The molecule has 0 saturated carbocycles. The number of nitrogens with one attached hydrogen (secondary N) is 1. The average Bonchev–Trinajstić information content (AvgIpc) is 2.99. The van der Waals surface area contributed by atoms with Crippen molar-refractivity contribution in [3.63, 3.8) is 0 Å². The van der Waals surface area contributed by atoms with Gasteiger partial charge in [0, 0.05) is 30.6 Å². The number of para-hydroxylation sites is 2. The molecule has 0 spiro atoms. The van der Waals surface area contributed by atoms with Crippen LogP contribution in [0.1, 0.15) is 18.4 Å². The van der Waals surface area contributed by atoms with Gasteiger partial charge in [0.1, 0.15) is 16.4 Å². The minimum atomic E-state index is -3.87. The van der Waals surface area contributed by atoms with Gasteiger partial charge < -0.3 is 19.7 Å². The predicted molar refractivity (Wildman–Crippen MR) is 151 cm³/mol. The topological polar surface area (TPSA) is 105 Å². The van der Waals surface area contributed by atoms with Gasteiger partial charge in [-0.05, 0) is 48.7 Å². The van der Waals surface area contributed by atoms with E-state index in [0.717, 1.165) is 5.56 Å². The number of halogens is 1. The summed E-state index contributed by atoms with van der Waals surface area (Å²) in [5, 5.41) is 3.18. The molecule has 11 heteroatoms. The monoisotopic (exact) mass is 583 g/mol. The number of benzene rings is 3. The Morgan fingerprint density at radius 1 is 1.02 bits per heavy atom. The summed E-state index contributed by atoms with van der Waals surface area (Å²) in [4.78, 5) is 28.4. The van der Waals surface area contributed by atoms with E-state index in [2.05, 4.69) is 5.32 Å². The highest BCUT2D eigenvalue weighted by molar-refractivity contribution is 7.89. The number of fused-ring (bicyclic) bond motifs is 1. The number of methoxy groups -OCH3 is 1. The Morgan fingerprint density at radius 2 is 1.73 bits per heavy atom. The maximum atomic E-state index is 13.8. The second-order valence-corrected chi connectivity index (χ2v) is 12.0. The van der Waals surface area contributed by atoms with Crippen molar-refractivity contribution >= 4 is 39.1 Å². The zero-order valence-corrected chi connectivity index (χ0v) is 23.5. The van der Waals surface area contributed by atoms with Gasteiger partial charge in [-0.1, -0.05) is 54.1 Å². The Balaban J connectivity index is 1.28. The molecule has 3 aromatic carbocycles. The number of ether oxygens (including phenoxy) is 2. The molecule has 40 heavy (non-hydrogen) atoms. The number of carbonyl (C=O) groups excluding carboxylic acids is 2. The molecule has 5 rings (SSSR count). The number of piperidine rings is 1. The van der Waals surface area contributed by atoms with Gasteiger partial charge in [0.25, 0.3) is 5.91 Å². The summed E-state index contributed by atoms with van der Waals surface area (Å²) >= 11 is 6.07. The molecule has 0 radical (unpaired) electrons. The van der Waals surface area contributed by atoms with Gasteiger partial charge in [-0.15, -0.1) is 0 Å². The predicted octanol–water partition coefficient (Wildman–Crippen LogP) is 3.86. The molecule has 9 nitrogen and oxygen atoms in total. The average molecular weight is 584 g/mol. The Labute approximate surface area is 238 Å². The summed E-state index contributed by atoms with van der Waals surface area (Å²) < 4.78 is 39.3. The van der Waals surface area contributed by atoms with Gasteiger partial charge in [0.2, 0.25) is 15.9 Å². The summed E-state index contributed by atoms with van der Waals surface area (Å²) in [6.07, 6.45) is -0.199. The van der Waals surface area contributed by atoms with Crippen LogP contribution in [-0.4, -0.2) is 57.4 Å². The van der Waals surface area contributed by atoms with Crippen LogP contribution >= 0.6 is 11.6 Å². The lowest BCUT2D eigenvalue weighted by Crippen LogP contribution is -2.53. The van der Waals surface area contributed by atoms with Crippen LogP contribution in [0.2, 0.25) is 5.02 Å². The second-order valence-electron chi connectivity index (χ2n) is 9.70. The van der Waals surface area contributed by atoms with E-state index >= 15 is 0 Å². The van der Waals surface area contributed by atoms with Crippen molar-refractivity contribution < 1.29 is 27.5 Å². The van der Waals surface area contributed by atoms with Crippen molar-refractivity contribution in [1.82, 2.24) is 9.62 Å². The molecule has 2 heterocycles. The first-order valence-electron chi connectivity index (χ1n) is 13.0. The molecule has 2 amide bonds. The van der Waals surface area contributed by atoms with Gasteiger partial charge in [-0.25, -0.2) is 8.42 Å². The number of amides is 2. The SMILES string of the molecule is COc1ccc(Cl)cc1S(=O)(=O)N1CCC(C(=O)N2CC(C(=O)NCc3ccccc3)Oc3ccccc32)CC1. The van der Waals surface area contributed by atoms with Crippen LogP contribution in [-0.2, 0) is 26.2 Å². The van der Waals surface area contributed by atoms with E-state index in [1.807, 2.05) is 36.4 Å². The zero-order chi connectivity index (χ0) is 28.3. The van der Waals surface area contributed by atoms with Gasteiger partial charge in [-0.3, -0.25) is 9.59 Å². The van der Waals surface area contributed by atoms with Crippen molar-refractivity contribution in [1.29, 1.82) is 0 Å². The van der Waals surface area contributed by atoms with Crippen molar-refractivity contribution in [3.05, 3.63) is 83.4 Å². The molecule has 3 aromatic rings. The van der Waals surface area contributed by atoms with Crippen LogP contribution in [0.25, 0.3) is 0 Å². The Morgan fingerprint density at radius 3 is 2.45 bits per heavy atom. The van der Waals surface area contributed by atoms with Crippen molar-refractivity contribution in [2.24, 2.45) is 5.92 Å². The highest BCUT2D eigenvalue weighted by Gasteiger charge is 2.39. The number of anilines is 1. The van der Waals surface area contributed by atoms with E-state index in [9.17, 15) is 18.0 Å². The summed E-state index contributed by atoms with van der Waals surface area (Å²) in [5.74, 6) is -0.215. The molecular formula is C29H30ClN3O6S. The Bertz CT molecular complexity index is 1490. The molecule has 0 aromatic heterocycles. The van der Waals surface area contributed by atoms with Crippen LogP contribution in [0.5, 0.6) is 11.5 Å². The molecule has 1 unspecified atom stereocenters. The molecule has 2 aliphatic rings.